The zero-order chi connectivity index (χ0) is 15.4. The van der Waals surface area contributed by atoms with Crippen LogP contribution in [0.15, 0.2) is 18.2 Å². The van der Waals surface area contributed by atoms with Crippen LogP contribution in [0.1, 0.15) is 56.0 Å². The number of benzene rings is 1. The molecule has 3 rings (SSSR count). The predicted molar refractivity (Wildman–Crippen MR) is 84.8 cm³/mol. The summed E-state index contributed by atoms with van der Waals surface area (Å²) in [6, 6.07) is 5.83. The first-order valence-corrected chi connectivity index (χ1v) is 7.85. The first-order chi connectivity index (χ1) is 9.75. The number of aryl methyl sites for hydroxylation is 1. The fourth-order valence-electron chi connectivity index (χ4n) is 4.84. The van der Waals surface area contributed by atoms with Crippen LogP contribution in [-0.4, -0.2) is 17.1 Å². The zero-order valence-electron chi connectivity index (χ0n) is 13.4. The number of hydrogen-bond acceptors (Lipinski definition) is 2. The second kappa shape index (κ2) is 4.49. The number of aromatic carboxylic acids is 1. The SMILES string of the molecule is Cc1cccc(C(=O)O)c1NC1C2(C)CCC(C2)C1(C)C. The summed E-state index contributed by atoms with van der Waals surface area (Å²) in [5.74, 6) is -0.107. The lowest BCUT2D eigenvalue weighted by molar-refractivity contribution is 0.0697. The quantitative estimate of drug-likeness (QED) is 0.870. The Morgan fingerprint density at radius 2 is 2.05 bits per heavy atom. The number of carboxylic acid groups (broad SMARTS) is 1. The molecule has 0 saturated heterocycles. The molecule has 3 unspecified atom stereocenters. The highest BCUT2D eigenvalue weighted by Gasteiger charge is 2.59. The van der Waals surface area contributed by atoms with E-state index in [2.05, 4.69) is 26.1 Å². The van der Waals surface area contributed by atoms with Crippen molar-refractivity contribution in [3.05, 3.63) is 29.3 Å². The maximum Gasteiger partial charge on any atom is 0.337 e. The van der Waals surface area contributed by atoms with E-state index in [1.807, 2.05) is 19.1 Å². The van der Waals surface area contributed by atoms with Crippen molar-refractivity contribution in [3.63, 3.8) is 0 Å². The average Bonchev–Trinajstić information content (AvgIpc) is 2.87. The molecule has 114 valence electrons. The van der Waals surface area contributed by atoms with Gasteiger partial charge in [-0.1, -0.05) is 32.9 Å². The third kappa shape index (κ3) is 2.05. The molecule has 0 spiro atoms. The van der Waals surface area contributed by atoms with Crippen molar-refractivity contribution in [1.29, 1.82) is 0 Å². The van der Waals surface area contributed by atoms with E-state index in [0.29, 0.717) is 11.6 Å². The van der Waals surface area contributed by atoms with Crippen LogP contribution in [0.2, 0.25) is 0 Å². The molecule has 2 N–H and O–H groups in total. The van der Waals surface area contributed by atoms with Crippen molar-refractivity contribution >= 4 is 11.7 Å². The largest absolute Gasteiger partial charge is 0.478 e. The molecule has 3 nitrogen and oxygen atoms in total. The minimum absolute atomic E-state index is 0.213. The van der Waals surface area contributed by atoms with Crippen LogP contribution in [0.3, 0.4) is 0 Å². The molecule has 2 saturated carbocycles. The molecule has 3 atom stereocenters. The third-order valence-corrected chi connectivity index (χ3v) is 6.06. The second-order valence-electron chi connectivity index (χ2n) is 7.80. The number of rotatable bonds is 3. The molecular weight excluding hydrogens is 262 g/mol. The molecule has 2 aliphatic rings. The first kappa shape index (κ1) is 14.4. The van der Waals surface area contributed by atoms with Crippen molar-refractivity contribution in [2.45, 2.75) is 53.0 Å². The topological polar surface area (TPSA) is 49.3 Å². The lowest BCUT2D eigenvalue weighted by Gasteiger charge is -2.44. The van der Waals surface area contributed by atoms with Gasteiger partial charge in [-0.15, -0.1) is 0 Å². The maximum absolute atomic E-state index is 11.5. The molecule has 0 amide bonds. The Morgan fingerprint density at radius 1 is 1.33 bits per heavy atom. The van der Waals surface area contributed by atoms with Gasteiger partial charge in [-0.2, -0.15) is 0 Å². The Bertz CT molecular complexity index is 588. The Hall–Kier alpha value is -1.51. The Morgan fingerprint density at radius 3 is 2.62 bits per heavy atom. The first-order valence-electron chi connectivity index (χ1n) is 7.85. The van der Waals surface area contributed by atoms with Crippen molar-refractivity contribution in [2.75, 3.05) is 5.32 Å². The van der Waals surface area contributed by atoms with Gasteiger partial charge in [0.25, 0.3) is 0 Å². The number of carbonyl (C=O) groups is 1. The van der Waals surface area contributed by atoms with Gasteiger partial charge in [-0.3, -0.25) is 0 Å². The molecule has 2 bridgehead atoms. The number of nitrogens with one attached hydrogen (secondary N) is 1. The summed E-state index contributed by atoms with van der Waals surface area (Å²) in [5, 5.41) is 13.1. The van der Waals surface area contributed by atoms with Crippen molar-refractivity contribution in [1.82, 2.24) is 0 Å². The van der Waals surface area contributed by atoms with Gasteiger partial charge < -0.3 is 10.4 Å². The minimum atomic E-state index is -0.854. The predicted octanol–water partition coefficient (Wildman–Crippen LogP) is 4.32. The smallest absolute Gasteiger partial charge is 0.337 e. The van der Waals surface area contributed by atoms with Gasteiger partial charge in [0.2, 0.25) is 0 Å². The summed E-state index contributed by atoms with van der Waals surface area (Å²) in [4.78, 5) is 11.5. The minimum Gasteiger partial charge on any atom is -0.478 e. The lowest BCUT2D eigenvalue weighted by Crippen LogP contribution is -2.46. The molecule has 0 aromatic heterocycles. The molecular formula is C18H25NO2. The van der Waals surface area contributed by atoms with Crippen LogP contribution in [-0.2, 0) is 0 Å². The van der Waals surface area contributed by atoms with Crippen LogP contribution in [0.5, 0.6) is 0 Å². The van der Waals surface area contributed by atoms with Gasteiger partial charge in [0, 0.05) is 6.04 Å². The van der Waals surface area contributed by atoms with Gasteiger partial charge >= 0.3 is 5.97 Å². The average molecular weight is 287 g/mol. The maximum atomic E-state index is 11.5. The molecule has 2 aliphatic carbocycles. The van der Waals surface area contributed by atoms with Crippen LogP contribution >= 0.6 is 0 Å². The molecule has 0 radical (unpaired) electrons. The molecule has 21 heavy (non-hydrogen) atoms. The molecule has 1 aromatic rings. The molecule has 0 aliphatic heterocycles. The van der Waals surface area contributed by atoms with E-state index in [-0.39, 0.29) is 10.8 Å². The van der Waals surface area contributed by atoms with Gasteiger partial charge in [0.15, 0.2) is 0 Å². The van der Waals surface area contributed by atoms with E-state index in [1.165, 1.54) is 19.3 Å². The van der Waals surface area contributed by atoms with E-state index in [9.17, 15) is 9.90 Å². The van der Waals surface area contributed by atoms with E-state index in [4.69, 9.17) is 0 Å². The van der Waals surface area contributed by atoms with Crippen LogP contribution in [0.4, 0.5) is 5.69 Å². The standard InChI is InChI=1S/C18H25NO2/c1-11-6-5-7-13(15(20)21)14(11)19-16-17(2,3)12-8-9-18(16,4)10-12/h5-7,12,16,19H,8-10H2,1-4H3,(H,20,21). The van der Waals surface area contributed by atoms with Crippen LogP contribution in [0.25, 0.3) is 0 Å². The molecule has 3 heteroatoms. The normalized spacial score (nSPS) is 33.1. The summed E-state index contributed by atoms with van der Waals surface area (Å²) in [6.07, 6.45) is 3.81. The third-order valence-electron chi connectivity index (χ3n) is 6.06. The van der Waals surface area contributed by atoms with E-state index in [0.717, 1.165) is 17.2 Å². The van der Waals surface area contributed by atoms with Crippen molar-refractivity contribution in [3.8, 4) is 0 Å². The Balaban J connectivity index is 1.99. The number of fused-ring (bicyclic) bond motifs is 2. The van der Waals surface area contributed by atoms with Gasteiger partial charge in [-0.05, 0) is 54.6 Å². The molecule has 0 heterocycles. The molecule has 1 aromatic carbocycles. The fraction of sp³-hybridized carbons (Fsp3) is 0.611. The van der Waals surface area contributed by atoms with Crippen molar-refractivity contribution < 1.29 is 9.90 Å². The number of carboxylic acids is 1. The van der Waals surface area contributed by atoms with Crippen LogP contribution < -0.4 is 5.32 Å². The van der Waals surface area contributed by atoms with Gasteiger partial charge in [-0.25, -0.2) is 4.79 Å². The second-order valence-corrected chi connectivity index (χ2v) is 7.80. The van der Waals surface area contributed by atoms with E-state index >= 15 is 0 Å². The van der Waals surface area contributed by atoms with Crippen LogP contribution in [0, 0.1) is 23.7 Å². The van der Waals surface area contributed by atoms with Gasteiger partial charge in [0.05, 0.1) is 11.3 Å². The number of para-hydroxylation sites is 1. The number of anilines is 1. The highest BCUT2D eigenvalue weighted by molar-refractivity contribution is 5.95. The van der Waals surface area contributed by atoms with E-state index < -0.39 is 5.97 Å². The van der Waals surface area contributed by atoms with Gasteiger partial charge in [0.1, 0.15) is 0 Å². The monoisotopic (exact) mass is 287 g/mol. The summed E-state index contributed by atoms with van der Waals surface area (Å²) in [6.45, 7) is 9.01. The summed E-state index contributed by atoms with van der Waals surface area (Å²) < 4.78 is 0. The summed E-state index contributed by atoms with van der Waals surface area (Å²) in [7, 11) is 0. The lowest BCUT2D eigenvalue weighted by atomic mass is 9.68. The zero-order valence-corrected chi connectivity index (χ0v) is 13.4. The van der Waals surface area contributed by atoms with Crippen molar-refractivity contribution in [2.24, 2.45) is 16.7 Å². The highest BCUT2D eigenvalue weighted by Crippen LogP contribution is 2.63. The Kier molecular flexibility index (Phi) is 3.09. The fourth-order valence-corrected chi connectivity index (χ4v) is 4.84. The number of hydrogen-bond donors (Lipinski definition) is 2. The molecule has 2 fully saturated rings. The highest BCUT2D eigenvalue weighted by atomic mass is 16.4. The Labute approximate surface area is 126 Å². The van der Waals surface area contributed by atoms with E-state index in [1.54, 1.807) is 6.07 Å². The summed E-state index contributed by atoms with van der Waals surface area (Å²) in [5.41, 5.74) is 2.70. The summed E-state index contributed by atoms with van der Waals surface area (Å²) >= 11 is 0.